The smallest absolute Gasteiger partial charge is 0.224 e. The molecular formula is C18H16N3O2-. The van der Waals surface area contributed by atoms with Gasteiger partial charge in [0.25, 0.3) is 0 Å². The SMILES string of the molecule is Cc1ccc2nc(N[C@@H](C)C(=O)[O-])nc(-c3ccccc3)c2c1. The molecule has 23 heavy (non-hydrogen) atoms. The largest absolute Gasteiger partial charge is 0.548 e. The molecule has 0 radical (unpaired) electrons. The van der Waals surface area contributed by atoms with Gasteiger partial charge in [0.1, 0.15) is 0 Å². The molecule has 2 aromatic carbocycles. The Hall–Kier alpha value is -2.95. The average Bonchev–Trinajstić information content (AvgIpc) is 2.55. The Morgan fingerprint density at radius 1 is 1.13 bits per heavy atom. The number of rotatable bonds is 4. The van der Waals surface area contributed by atoms with Crippen molar-refractivity contribution in [3.63, 3.8) is 0 Å². The molecule has 1 atom stereocenters. The zero-order valence-electron chi connectivity index (χ0n) is 12.9. The molecule has 0 aliphatic rings. The molecule has 3 rings (SSSR count). The zero-order valence-corrected chi connectivity index (χ0v) is 12.9. The van der Waals surface area contributed by atoms with Crippen LogP contribution in [0, 0.1) is 6.92 Å². The summed E-state index contributed by atoms with van der Waals surface area (Å²) in [5.41, 5.74) is 3.60. The van der Waals surface area contributed by atoms with Gasteiger partial charge in [0.15, 0.2) is 0 Å². The van der Waals surface area contributed by atoms with Gasteiger partial charge in [0.2, 0.25) is 5.95 Å². The Labute approximate surface area is 134 Å². The van der Waals surface area contributed by atoms with Crippen molar-refractivity contribution >= 4 is 22.8 Å². The van der Waals surface area contributed by atoms with Crippen molar-refractivity contribution in [2.45, 2.75) is 19.9 Å². The summed E-state index contributed by atoms with van der Waals surface area (Å²) in [5.74, 6) is -0.921. The van der Waals surface area contributed by atoms with Crippen LogP contribution in [0.4, 0.5) is 5.95 Å². The Balaban J connectivity index is 2.18. The van der Waals surface area contributed by atoms with Gasteiger partial charge in [0.05, 0.1) is 23.2 Å². The van der Waals surface area contributed by atoms with Crippen molar-refractivity contribution in [2.75, 3.05) is 5.32 Å². The third-order valence-corrected chi connectivity index (χ3v) is 3.60. The number of nitrogens with one attached hydrogen (secondary N) is 1. The van der Waals surface area contributed by atoms with Crippen molar-refractivity contribution in [1.82, 2.24) is 9.97 Å². The molecule has 3 aromatic rings. The quantitative estimate of drug-likeness (QED) is 0.799. The van der Waals surface area contributed by atoms with E-state index >= 15 is 0 Å². The number of carboxylic acids is 1. The first-order valence-electron chi connectivity index (χ1n) is 7.36. The van der Waals surface area contributed by atoms with Gasteiger partial charge in [-0.15, -0.1) is 0 Å². The van der Waals surface area contributed by atoms with Gasteiger partial charge < -0.3 is 15.2 Å². The highest BCUT2D eigenvalue weighted by molar-refractivity contribution is 5.93. The fourth-order valence-corrected chi connectivity index (χ4v) is 2.38. The molecule has 116 valence electrons. The normalized spacial score (nSPS) is 12.1. The molecule has 0 aliphatic heterocycles. The molecule has 0 spiro atoms. The predicted octanol–water partition coefficient (Wildman–Crippen LogP) is 2.16. The van der Waals surface area contributed by atoms with E-state index in [4.69, 9.17) is 0 Å². The molecule has 0 saturated carbocycles. The number of hydrogen-bond acceptors (Lipinski definition) is 5. The lowest BCUT2D eigenvalue weighted by Gasteiger charge is -2.16. The number of carbonyl (C=O) groups excluding carboxylic acids is 1. The van der Waals surface area contributed by atoms with E-state index in [0.29, 0.717) is 0 Å². The molecule has 0 fully saturated rings. The second kappa shape index (κ2) is 6.04. The number of carboxylic acid groups (broad SMARTS) is 1. The van der Waals surface area contributed by atoms with E-state index in [1.807, 2.05) is 55.5 Å². The van der Waals surface area contributed by atoms with E-state index < -0.39 is 12.0 Å². The molecule has 5 heteroatoms. The number of aromatic nitrogens is 2. The minimum Gasteiger partial charge on any atom is -0.548 e. The standard InChI is InChI=1S/C18H17N3O2/c1-11-8-9-15-14(10-11)16(13-6-4-3-5-7-13)21-18(20-15)19-12(2)17(22)23/h3-10,12H,1-2H3,(H,22,23)(H,19,20,21)/p-1/t12-/m0/s1. The predicted molar refractivity (Wildman–Crippen MR) is 87.8 cm³/mol. The first-order valence-corrected chi connectivity index (χ1v) is 7.36. The van der Waals surface area contributed by atoms with E-state index in [0.717, 1.165) is 27.7 Å². The van der Waals surface area contributed by atoms with Crippen LogP contribution in [-0.2, 0) is 4.79 Å². The van der Waals surface area contributed by atoms with Crippen molar-refractivity contribution in [2.24, 2.45) is 0 Å². The first-order chi connectivity index (χ1) is 11.0. The second-order valence-electron chi connectivity index (χ2n) is 5.47. The molecule has 0 saturated heterocycles. The van der Waals surface area contributed by atoms with E-state index in [1.54, 1.807) is 0 Å². The van der Waals surface area contributed by atoms with Crippen LogP contribution in [0.2, 0.25) is 0 Å². The minimum atomic E-state index is -1.20. The summed E-state index contributed by atoms with van der Waals surface area (Å²) in [5, 5.41) is 14.6. The van der Waals surface area contributed by atoms with Crippen molar-refractivity contribution in [3.8, 4) is 11.3 Å². The van der Waals surface area contributed by atoms with Gasteiger partial charge in [0, 0.05) is 10.9 Å². The number of benzene rings is 2. The number of hydrogen-bond donors (Lipinski definition) is 1. The number of anilines is 1. The maximum Gasteiger partial charge on any atom is 0.224 e. The highest BCUT2D eigenvalue weighted by Crippen LogP contribution is 2.28. The minimum absolute atomic E-state index is 0.275. The summed E-state index contributed by atoms with van der Waals surface area (Å²) in [7, 11) is 0. The highest BCUT2D eigenvalue weighted by atomic mass is 16.4. The van der Waals surface area contributed by atoms with E-state index in [9.17, 15) is 9.90 Å². The summed E-state index contributed by atoms with van der Waals surface area (Å²) in [4.78, 5) is 19.9. The summed E-state index contributed by atoms with van der Waals surface area (Å²) in [6.07, 6.45) is 0. The average molecular weight is 306 g/mol. The van der Waals surface area contributed by atoms with E-state index in [2.05, 4.69) is 15.3 Å². The maximum absolute atomic E-state index is 10.9. The number of nitrogens with zero attached hydrogens (tertiary/aromatic N) is 2. The Morgan fingerprint density at radius 3 is 2.57 bits per heavy atom. The lowest BCUT2D eigenvalue weighted by atomic mass is 10.0. The Kier molecular flexibility index (Phi) is 3.93. The Morgan fingerprint density at radius 2 is 1.87 bits per heavy atom. The summed E-state index contributed by atoms with van der Waals surface area (Å²) in [6, 6.07) is 14.8. The molecule has 0 unspecified atom stereocenters. The fourth-order valence-electron chi connectivity index (χ4n) is 2.38. The van der Waals surface area contributed by atoms with Crippen LogP contribution in [0.5, 0.6) is 0 Å². The number of aliphatic carboxylic acids is 1. The van der Waals surface area contributed by atoms with Crippen LogP contribution in [0.3, 0.4) is 0 Å². The topological polar surface area (TPSA) is 77.9 Å². The molecule has 0 aliphatic carbocycles. The maximum atomic E-state index is 10.9. The molecular weight excluding hydrogens is 290 g/mol. The van der Waals surface area contributed by atoms with Crippen LogP contribution in [-0.4, -0.2) is 22.0 Å². The molecule has 0 bridgehead atoms. The number of fused-ring (bicyclic) bond motifs is 1. The van der Waals surface area contributed by atoms with Crippen molar-refractivity contribution in [1.29, 1.82) is 0 Å². The zero-order chi connectivity index (χ0) is 16.4. The van der Waals surface area contributed by atoms with Gasteiger partial charge >= 0.3 is 0 Å². The third-order valence-electron chi connectivity index (χ3n) is 3.60. The summed E-state index contributed by atoms with van der Waals surface area (Å²) >= 11 is 0. The second-order valence-corrected chi connectivity index (χ2v) is 5.47. The summed E-state index contributed by atoms with van der Waals surface area (Å²) in [6.45, 7) is 3.51. The van der Waals surface area contributed by atoms with Gasteiger partial charge in [-0.25, -0.2) is 9.97 Å². The van der Waals surface area contributed by atoms with Gasteiger partial charge in [-0.3, -0.25) is 0 Å². The van der Waals surface area contributed by atoms with Crippen LogP contribution in [0.1, 0.15) is 12.5 Å². The molecule has 1 heterocycles. The molecule has 0 amide bonds. The van der Waals surface area contributed by atoms with Crippen molar-refractivity contribution < 1.29 is 9.90 Å². The lowest BCUT2D eigenvalue weighted by molar-refractivity contribution is -0.306. The van der Waals surface area contributed by atoms with Crippen LogP contribution in [0.25, 0.3) is 22.2 Å². The van der Waals surface area contributed by atoms with Gasteiger partial charge in [-0.05, 0) is 26.0 Å². The van der Waals surface area contributed by atoms with Crippen molar-refractivity contribution in [3.05, 3.63) is 54.1 Å². The fraction of sp³-hybridized carbons (Fsp3) is 0.167. The molecule has 1 aromatic heterocycles. The monoisotopic (exact) mass is 306 g/mol. The first kappa shape index (κ1) is 15.0. The summed E-state index contributed by atoms with van der Waals surface area (Å²) < 4.78 is 0. The van der Waals surface area contributed by atoms with Crippen LogP contribution >= 0.6 is 0 Å². The highest BCUT2D eigenvalue weighted by Gasteiger charge is 2.12. The third kappa shape index (κ3) is 3.13. The van der Waals surface area contributed by atoms with Crippen LogP contribution < -0.4 is 10.4 Å². The Bertz CT molecular complexity index is 863. The number of carbonyl (C=O) groups is 1. The van der Waals surface area contributed by atoms with Gasteiger partial charge in [-0.2, -0.15) is 0 Å². The van der Waals surface area contributed by atoms with E-state index in [-0.39, 0.29) is 5.95 Å². The van der Waals surface area contributed by atoms with Gasteiger partial charge in [-0.1, -0.05) is 42.0 Å². The van der Waals surface area contributed by atoms with E-state index in [1.165, 1.54) is 6.92 Å². The molecule has 5 nitrogen and oxygen atoms in total. The molecule has 1 N–H and O–H groups in total. The number of aryl methyl sites for hydroxylation is 1. The lowest BCUT2D eigenvalue weighted by Crippen LogP contribution is -2.39. The van der Waals surface area contributed by atoms with Crippen LogP contribution in [0.15, 0.2) is 48.5 Å².